The van der Waals surface area contributed by atoms with E-state index in [-0.39, 0.29) is 11.3 Å². The minimum absolute atomic E-state index is 0.0684. The molecule has 8 heteroatoms. The Morgan fingerprint density at radius 2 is 2.05 bits per heavy atom. The van der Waals surface area contributed by atoms with Crippen LogP contribution in [0.2, 0.25) is 0 Å². The smallest absolute Gasteiger partial charge is 0.270 e. The maximum absolute atomic E-state index is 12.1. The lowest BCUT2D eigenvalue weighted by atomic mass is 9.97. The molecule has 0 spiro atoms. The van der Waals surface area contributed by atoms with Gasteiger partial charge in [-0.2, -0.15) is 0 Å². The third kappa shape index (κ3) is 3.53. The topological polar surface area (TPSA) is 113 Å². The molecule has 0 aromatic heterocycles. The Morgan fingerprint density at radius 3 is 2.50 bits per heavy atom. The molecule has 0 bridgehead atoms. The number of benzene rings is 1. The van der Waals surface area contributed by atoms with E-state index in [0.29, 0.717) is 10.9 Å². The number of amides is 1. The summed E-state index contributed by atoms with van der Waals surface area (Å²) in [6, 6.07) is 3.80. The summed E-state index contributed by atoms with van der Waals surface area (Å²) in [6.45, 7) is 0.839. The van der Waals surface area contributed by atoms with Crippen LogP contribution in [0.25, 0.3) is 0 Å². The Balaban J connectivity index is 3.08. The molecule has 0 unspecified atom stereocenters. The van der Waals surface area contributed by atoms with E-state index in [1.807, 2.05) is 0 Å². The average Bonchev–Trinajstić information content (AvgIpc) is 2.45. The molecule has 1 rings (SSSR count). The van der Waals surface area contributed by atoms with E-state index < -0.39 is 29.6 Å². The van der Waals surface area contributed by atoms with E-state index in [9.17, 15) is 25.1 Å². The van der Waals surface area contributed by atoms with Gasteiger partial charge in [-0.15, -0.1) is 0 Å². The molecule has 0 aliphatic rings. The fourth-order valence-electron chi connectivity index (χ4n) is 1.55. The highest BCUT2D eigenvalue weighted by Crippen LogP contribution is 2.23. The lowest BCUT2D eigenvalue weighted by molar-refractivity contribution is -0.384. The Morgan fingerprint density at radius 1 is 1.45 bits per heavy atom. The zero-order valence-electron chi connectivity index (χ0n) is 10.8. The van der Waals surface area contributed by atoms with Gasteiger partial charge in [0.05, 0.1) is 29.2 Å². The molecular formula is C12H15BrN2O5. The monoisotopic (exact) mass is 346 g/mol. The molecule has 0 aliphatic heterocycles. The summed E-state index contributed by atoms with van der Waals surface area (Å²) in [5.41, 5.74) is -1.30. The van der Waals surface area contributed by atoms with Crippen molar-refractivity contribution < 1.29 is 19.9 Å². The van der Waals surface area contributed by atoms with Crippen LogP contribution in [0, 0.1) is 10.1 Å². The number of hydrogen-bond donors (Lipinski definition) is 3. The van der Waals surface area contributed by atoms with Gasteiger partial charge >= 0.3 is 0 Å². The first-order valence-electron chi connectivity index (χ1n) is 5.87. The molecule has 0 aliphatic carbocycles. The molecule has 0 saturated carbocycles. The van der Waals surface area contributed by atoms with E-state index in [0.717, 1.165) is 6.07 Å². The highest BCUT2D eigenvalue weighted by molar-refractivity contribution is 9.10. The predicted molar refractivity (Wildman–Crippen MR) is 75.5 cm³/mol. The molecule has 7 nitrogen and oxygen atoms in total. The summed E-state index contributed by atoms with van der Waals surface area (Å²) < 4.78 is 0.390. The second-order valence-corrected chi connectivity index (χ2v) is 5.18. The molecule has 1 amide bonds. The lowest BCUT2D eigenvalue weighted by Gasteiger charge is -2.29. The van der Waals surface area contributed by atoms with Gasteiger partial charge in [0.2, 0.25) is 0 Å². The Hall–Kier alpha value is -1.51. The molecule has 0 heterocycles. The molecule has 0 atom stereocenters. The van der Waals surface area contributed by atoms with Crippen molar-refractivity contribution >= 4 is 27.5 Å². The summed E-state index contributed by atoms with van der Waals surface area (Å²) in [4.78, 5) is 22.3. The number of hydrogen-bond acceptors (Lipinski definition) is 5. The van der Waals surface area contributed by atoms with Gasteiger partial charge < -0.3 is 15.5 Å². The van der Waals surface area contributed by atoms with E-state index in [4.69, 9.17) is 0 Å². The molecule has 20 heavy (non-hydrogen) atoms. The highest BCUT2D eigenvalue weighted by atomic mass is 79.9. The number of non-ortho nitro benzene ring substituents is 1. The average molecular weight is 347 g/mol. The third-order valence-corrected chi connectivity index (χ3v) is 3.76. The van der Waals surface area contributed by atoms with E-state index in [1.165, 1.54) is 12.1 Å². The summed E-state index contributed by atoms with van der Waals surface area (Å²) >= 11 is 3.15. The fourth-order valence-corrected chi connectivity index (χ4v) is 1.98. The van der Waals surface area contributed by atoms with Crippen LogP contribution in [-0.2, 0) is 0 Å². The highest BCUT2D eigenvalue weighted by Gasteiger charge is 2.30. The van der Waals surface area contributed by atoms with Gasteiger partial charge in [-0.25, -0.2) is 0 Å². The standard InChI is InChI=1S/C12H15BrN2O5/c1-2-12(6-16,7-17)14-11(18)9-5-8(15(19)20)3-4-10(9)13/h3-5,16-17H,2,6-7H2,1H3,(H,14,18). The second kappa shape index (κ2) is 6.78. The number of aliphatic hydroxyl groups is 2. The normalized spacial score (nSPS) is 11.2. The summed E-state index contributed by atoms with van der Waals surface area (Å²) in [6.07, 6.45) is 0.318. The number of aliphatic hydroxyl groups excluding tert-OH is 2. The van der Waals surface area contributed by atoms with Crippen LogP contribution in [0.4, 0.5) is 5.69 Å². The SMILES string of the molecule is CCC(CO)(CO)NC(=O)c1cc([N+](=O)[O-])ccc1Br. The zero-order valence-corrected chi connectivity index (χ0v) is 12.4. The van der Waals surface area contributed by atoms with Crippen molar-refractivity contribution in [3.63, 3.8) is 0 Å². The van der Waals surface area contributed by atoms with Gasteiger partial charge in [0, 0.05) is 16.6 Å². The Bertz CT molecular complexity index is 508. The Kier molecular flexibility index (Phi) is 5.61. The van der Waals surface area contributed by atoms with E-state index in [2.05, 4.69) is 21.2 Å². The molecule has 0 radical (unpaired) electrons. The summed E-state index contributed by atoms with van der Waals surface area (Å²) in [7, 11) is 0. The minimum Gasteiger partial charge on any atom is -0.394 e. The summed E-state index contributed by atoms with van der Waals surface area (Å²) in [5.74, 6) is -0.606. The summed E-state index contributed by atoms with van der Waals surface area (Å²) in [5, 5.41) is 31.8. The van der Waals surface area contributed by atoms with Gasteiger partial charge in [0.1, 0.15) is 0 Å². The van der Waals surface area contributed by atoms with Gasteiger partial charge in [-0.05, 0) is 28.4 Å². The Labute approximate surface area is 123 Å². The van der Waals surface area contributed by atoms with E-state index in [1.54, 1.807) is 6.92 Å². The number of carbonyl (C=O) groups excluding carboxylic acids is 1. The van der Waals surface area contributed by atoms with Crippen molar-refractivity contribution in [3.05, 3.63) is 38.3 Å². The molecule has 1 aromatic rings. The van der Waals surface area contributed by atoms with Crippen LogP contribution < -0.4 is 5.32 Å². The van der Waals surface area contributed by atoms with Crippen molar-refractivity contribution in [1.82, 2.24) is 5.32 Å². The number of rotatable bonds is 6. The van der Waals surface area contributed by atoms with Crippen LogP contribution in [0.1, 0.15) is 23.7 Å². The number of nitro groups is 1. The van der Waals surface area contributed by atoms with Crippen molar-refractivity contribution in [2.24, 2.45) is 0 Å². The molecule has 0 fully saturated rings. The first-order valence-corrected chi connectivity index (χ1v) is 6.66. The fraction of sp³-hybridized carbons (Fsp3) is 0.417. The number of nitrogens with one attached hydrogen (secondary N) is 1. The molecule has 1 aromatic carbocycles. The van der Waals surface area contributed by atoms with Crippen molar-refractivity contribution in [2.75, 3.05) is 13.2 Å². The van der Waals surface area contributed by atoms with Crippen molar-refractivity contribution in [2.45, 2.75) is 18.9 Å². The lowest BCUT2D eigenvalue weighted by Crippen LogP contribution is -2.53. The maximum atomic E-state index is 12.1. The van der Waals surface area contributed by atoms with Crippen molar-refractivity contribution in [3.8, 4) is 0 Å². The van der Waals surface area contributed by atoms with Gasteiger partial charge in [0.25, 0.3) is 11.6 Å². The minimum atomic E-state index is -1.15. The van der Waals surface area contributed by atoms with Crippen LogP contribution in [0.3, 0.4) is 0 Å². The van der Waals surface area contributed by atoms with Crippen LogP contribution in [0.5, 0.6) is 0 Å². The maximum Gasteiger partial charge on any atom is 0.270 e. The number of nitrogens with zero attached hydrogens (tertiary/aromatic N) is 1. The predicted octanol–water partition coefficient (Wildman–Crippen LogP) is 1.22. The van der Waals surface area contributed by atoms with Gasteiger partial charge in [-0.3, -0.25) is 14.9 Å². The quantitative estimate of drug-likeness (QED) is 0.529. The van der Waals surface area contributed by atoms with Crippen LogP contribution in [0.15, 0.2) is 22.7 Å². The third-order valence-electron chi connectivity index (χ3n) is 3.07. The van der Waals surface area contributed by atoms with E-state index >= 15 is 0 Å². The zero-order chi connectivity index (χ0) is 15.3. The number of halogens is 1. The molecule has 110 valence electrons. The van der Waals surface area contributed by atoms with Gasteiger partial charge in [0.15, 0.2) is 0 Å². The second-order valence-electron chi connectivity index (χ2n) is 4.33. The first-order chi connectivity index (χ1) is 9.39. The molecule has 3 N–H and O–H groups in total. The van der Waals surface area contributed by atoms with Crippen LogP contribution >= 0.6 is 15.9 Å². The van der Waals surface area contributed by atoms with Crippen LogP contribution in [-0.4, -0.2) is 39.8 Å². The van der Waals surface area contributed by atoms with Gasteiger partial charge in [-0.1, -0.05) is 6.92 Å². The first kappa shape index (κ1) is 16.5. The number of nitro benzene ring substituents is 1. The largest absolute Gasteiger partial charge is 0.394 e. The van der Waals surface area contributed by atoms with Crippen molar-refractivity contribution in [1.29, 1.82) is 0 Å². The molecular weight excluding hydrogens is 332 g/mol. The number of carbonyl (C=O) groups is 1. The molecule has 0 saturated heterocycles.